The predicted molar refractivity (Wildman–Crippen MR) is 73.7 cm³/mol. The highest BCUT2D eigenvalue weighted by atomic mass is 32.2. The molecule has 0 bridgehead atoms. The molecule has 1 aromatic carbocycles. The second-order valence-electron chi connectivity index (χ2n) is 3.89. The summed E-state index contributed by atoms with van der Waals surface area (Å²) in [5, 5.41) is 0. The van der Waals surface area contributed by atoms with E-state index in [4.69, 9.17) is 15.2 Å². The molecule has 0 fully saturated rings. The molecular formula is C12H20N2O4S. The Labute approximate surface area is 114 Å². The maximum absolute atomic E-state index is 12.4. The van der Waals surface area contributed by atoms with Gasteiger partial charge in [-0.15, -0.1) is 0 Å². The van der Waals surface area contributed by atoms with Gasteiger partial charge in [-0.2, -0.15) is 4.31 Å². The number of nitrogens with zero attached hydrogens (tertiary/aromatic N) is 1. The minimum atomic E-state index is -3.61. The van der Waals surface area contributed by atoms with E-state index < -0.39 is 10.0 Å². The van der Waals surface area contributed by atoms with Crippen LogP contribution in [0.2, 0.25) is 0 Å². The van der Waals surface area contributed by atoms with Crippen LogP contribution in [0.15, 0.2) is 23.1 Å². The van der Waals surface area contributed by atoms with Gasteiger partial charge in [0.15, 0.2) is 0 Å². The monoisotopic (exact) mass is 288 g/mol. The van der Waals surface area contributed by atoms with Crippen LogP contribution in [0.3, 0.4) is 0 Å². The third kappa shape index (κ3) is 3.59. The first kappa shape index (κ1) is 15.7. The van der Waals surface area contributed by atoms with Crippen molar-refractivity contribution >= 4 is 15.7 Å². The number of nitrogens with two attached hydrogens (primary N) is 1. The maximum Gasteiger partial charge on any atom is 0.245 e. The Morgan fingerprint density at radius 3 is 2.47 bits per heavy atom. The number of benzene rings is 1. The molecule has 0 atom stereocenters. The van der Waals surface area contributed by atoms with Crippen molar-refractivity contribution in [2.24, 2.45) is 0 Å². The Balaban J connectivity index is 3.11. The van der Waals surface area contributed by atoms with Crippen LogP contribution in [0.5, 0.6) is 5.75 Å². The average molecular weight is 288 g/mol. The molecule has 7 heteroatoms. The lowest BCUT2D eigenvalue weighted by Gasteiger charge is -2.21. The molecule has 19 heavy (non-hydrogen) atoms. The van der Waals surface area contributed by atoms with E-state index in [1.165, 1.54) is 30.7 Å². The summed E-state index contributed by atoms with van der Waals surface area (Å²) in [6, 6.07) is 4.53. The Hall–Kier alpha value is -1.31. The van der Waals surface area contributed by atoms with Gasteiger partial charge in [-0.3, -0.25) is 0 Å². The number of likely N-dealkylation sites (N-methyl/N-ethyl adjacent to an activating group) is 1. The third-order valence-corrected chi connectivity index (χ3v) is 4.78. The maximum atomic E-state index is 12.4. The van der Waals surface area contributed by atoms with Crippen molar-refractivity contribution in [3.63, 3.8) is 0 Å². The molecule has 0 unspecified atom stereocenters. The third-order valence-electron chi connectivity index (χ3n) is 2.73. The Bertz CT molecular complexity index is 516. The molecule has 1 rings (SSSR count). The highest BCUT2D eigenvalue weighted by Crippen LogP contribution is 2.26. The average Bonchev–Trinajstić information content (AvgIpc) is 2.38. The molecule has 0 spiro atoms. The van der Waals surface area contributed by atoms with Crippen LogP contribution < -0.4 is 10.5 Å². The van der Waals surface area contributed by atoms with Crippen molar-refractivity contribution in [2.75, 3.05) is 39.6 Å². The summed E-state index contributed by atoms with van der Waals surface area (Å²) in [5.41, 5.74) is 5.96. The van der Waals surface area contributed by atoms with Gasteiger partial charge in [-0.05, 0) is 12.1 Å². The smallest absolute Gasteiger partial charge is 0.245 e. The summed E-state index contributed by atoms with van der Waals surface area (Å²) in [4.78, 5) is 0.0891. The largest absolute Gasteiger partial charge is 0.497 e. The lowest BCUT2D eigenvalue weighted by atomic mass is 10.3. The van der Waals surface area contributed by atoms with Crippen LogP contribution >= 0.6 is 0 Å². The topological polar surface area (TPSA) is 81.9 Å². The zero-order valence-corrected chi connectivity index (χ0v) is 12.2. The number of hydrogen-bond acceptors (Lipinski definition) is 5. The van der Waals surface area contributed by atoms with E-state index in [1.54, 1.807) is 13.0 Å². The van der Waals surface area contributed by atoms with Crippen LogP contribution in [0.1, 0.15) is 6.92 Å². The number of nitrogen functional groups attached to an aromatic ring is 1. The van der Waals surface area contributed by atoms with Gasteiger partial charge in [0.05, 0.1) is 19.4 Å². The molecule has 0 saturated heterocycles. The van der Waals surface area contributed by atoms with Crippen molar-refractivity contribution in [2.45, 2.75) is 11.8 Å². The molecule has 0 radical (unpaired) electrons. The molecule has 0 amide bonds. The number of hydrogen-bond donors (Lipinski definition) is 1. The van der Waals surface area contributed by atoms with Crippen molar-refractivity contribution in [1.82, 2.24) is 4.31 Å². The Morgan fingerprint density at radius 2 is 2.00 bits per heavy atom. The lowest BCUT2D eigenvalue weighted by Crippen LogP contribution is -2.34. The number of ether oxygens (including phenoxy) is 2. The minimum absolute atomic E-state index is 0.0891. The lowest BCUT2D eigenvalue weighted by molar-refractivity contribution is 0.180. The van der Waals surface area contributed by atoms with E-state index in [0.717, 1.165) is 0 Å². The normalized spacial score (nSPS) is 11.8. The first-order valence-electron chi connectivity index (χ1n) is 5.90. The zero-order chi connectivity index (χ0) is 14.5. The first-order valence-corrected chi connectivity index (χ1v) is 7.34. The zero-order valence-electron chi connectivity index (χ0n) is 11.4. The summed E-state index contributed by atoms with van der Waals surface area (Å²) in [6.45, 7) is 2.76. The molecule has 0 aliphatic heterocycles. The van der Waals surface area contributed by atoms with Crippen molar-refractivity contribution < 1.29 is 17.9 Å². The highest BCUT2D eigenvalue weighted by Gasteiger charge is 2.25. The Kier molecular flexibility index (Phi) is 5.59. The Morgan fingerprint density at radius 1 is 1.32 bits per heavy atom. The number of rotatable bonds is 7. The SMILES string of the molecule is CCN(CCOC)S(=O)(=O)c1ccc(OC)cc1N. The van der Waals surface area contributed by atoms with Crippen LogP contribution in [0.25, 0.3) is 0 Å². The molecule has 0 heterocycles. The number of sulfonamides is 1. The fraction of sp³-hybridized carbons (Fsp3) is 0.500. The molecule has 2 N–H and O–H groups in total. The minimum Gasteiger partial charge on any atom is -0.497 e. The molecule has 1 aromatic rings. The number of anilines is 1. The summed E-state index contributed by atoms with van der Waals surface area (Å²) in [7, 11) is -0.576. The molecule has 108 valence electrons. The van der Waals surface area contributed by atoms with E-state index in [-0.39, 0.29) is 10.6 Å². The predicted octanol–water partition coefficient (Wildman–Crippen LogP) is 0.934. The van der Waals surface area contributed by atoms with E-state index >= 15 is 0 Å². The summed E-state index contributed by atoms with van der Waals surface area (Å²) in [6.07, 6.45) is 0. The van der Waals surface area contributed by atoms with E-state index in [9.17, 15) is 8.42 Å². The van der Waals surface area contributed by atoms with Gasteiger partial charge in [0.1, 0.15) is 10.6 Å². The molecule has 6 nitrogen and oxygen atoms in total. The fourth-order valence-electron chi connectivity index (χ4n) is 1.67. The van der Waals surface area contributed by atoms with Crippen molar-refractivity contribution in [3.8, 4) is 5.75 Å². The molecule has 0 saturated carbocycles. The summed E-state index contributed by atoms with van der Waals surface area (Å²) >= 11 is 0. The van der Waals surface area contributed by atoms with E-state index in [0.29, 0.717) is 25.4 Å². The first-order chi connectivity index (χ1) is 8.97. The molecule has 0 aliphatic carbocycles. The fourth-order valence-corrected chi connectivity index (χ4v) is 3.20. The number of methoxy groups -OCH3 is 2. The van der Waals surface area contributed by atoms with Crippen LogP contribution in [-0.2, 0) is 14.8 Å². The van der Waals surface area contributed by atoms with Crippen LogP contribution in [-0.4, -0.2) is 46.6 Å². The van der Waals surface area contributed by atoms with Gasteiger partial charge in [-0.25, -0.2) is 8.42 Å². The van der Waals surface area contributed by atoms with Crippen molar-refractivity contribution in [3.05, 3.63) is 18.2 Å². The summed E-state index contributed by atoms with van der Waals surface area (Å²) < 4.78 is 36.1. The van der Waals surface area contributed by atoms with Gasteiger partial charge in [0.2, 0.25) is 10.0 Å². The van der Waals surface area contributed by atoms with Gasteiger partial charge >= 0.3 is 0 Å². The van der Waals surface area contributed by atoms with Gasteiger partial charge < -0.3 is 15.2 Å². The highest BCUT2D eigenvalue weighted by molar-refractivity contribution is 7.89. The van der Waals surface area contributed by atoms with E-state index in [1.807, 2.05) is 0 Å². The standard InChI is InChI=1S/C12H20N2O4S/c1-4-14(7-8-17-2)19(15,16)12-6-5-10(18-3)9-11(12)13/h5-6,9H,4,7-8,13H2,1-3H3. The van der Waals surface area contributed by atoms with Crippen molar-refractivity contribution in [1.29, 1.82) is 0 Å². The quantitative estimate of drug-likeness (QED) is 0.755. The van der Waals surface area contributed by atoms with Crippen LogP contribution in [0, 0.1) is 0 Å². The molecular weight excluding hydrogens is 268 g/mol. The van der Waals surface area contributed by atoms with Gasteiger partial charge in [-0.1, -0.05) is 6.92 Å². The van der Waals surface area contributed by atoms with Gasteiger partial charge in [0, 0.05) is 26.3 Å². The second-order valence-corrected chi connectivity index (χ2v) is 5.80. The second kappa shape index (κ2) is 6.74. The molecule has 0 aliphatic rings. The van der Waals surface area contributed by atoms with E-state index in [2.05, 4.69) is 0 Å². The summed E-state index contributed by atoms with van der Waals surface area (Å²) in [5.74, 6) is 0.524. The van der Waals surface area contributed by atoms with Gasteiger partial charge in [0.25, 0.3) is 0 Å². The van der Waals surface area contributed by atoms with Crippen LogP contribution in [0.4, 0.5) is 5.69 Å². The molecule has 0 aromatic heterocycles.